The third-order valence-corrected chi connectivity index (χ3v) is 7.15. The van der Waals surface area contributed by atoms with Crippen LogP contribution >= 0.6 is 23.1 Å². The fourth-order valence-corrected chi connectivity index (χ4v) is 5.72. The number of carbonyl (C=O) groups excluding carboxylic acids is 1. The van der Waals surface area contributed by atoms with Crippen molar-refractivity contribution >= 4 is 50.1 Å². The van der Waals surface area contributed by atoms with Crippen LogP contribution in [-0.4, -0.2) is 20.1 Å². The second-order valence-corrected chi connectivity index (χ2v) is 8.97. The average molecular weight is 383 g/mol. The van der Waals surface area contributed by atoms with E-state index in [0.29, 0.717) is 12.3 Å². The Morgan fingerprint density at radius 2 is 2.00 bits per heavy atom. The zero-order valence-electron chi connectivity index (χ0n) is 14.2. The molecule has 0 amide bonds. The summed E-state index contributed by atoms with van der Waals surface area (Å²) in [4.78, 5) is 27.3. The lowest BCUT2D eigenvalue weighted by Crippen LogP contribution is -2.03. The zero-order valence-corrected chi connectivity index (χ0v) is 15.8. The lowest BCUT2D eigenvalue weighted by molar-refractivity contribution is -0.110. The predicted octanol–water partition coefficient (Wildman–Crippen LogP) is 5.05. The van der Waals surface area contributed by atoms with Crippen LogP contribution < -0.4 is 5.32 Å². The molecule has 2 aromatic heterocycles. The average Bonchev–Trinajstić information content (AvgIpc) is 3.25. The molecule has 2 aliphatic rings. The first-order valence-corrected chi connectivity index (χ1v) is 10.6. The second-order valence-electron chi connectivity index (χ2n) is 6.86. The Hall–Kier alpha value is -1.99. The smallest absolute Gasteiger partial charge is 0.198 e. The Labute approximate surface area is 159 Å². The van der Waals surface area contributed by atoms with Gasteiger partial charge >= 0.3 is 0 Å². The highest BCUT2D eigenvalue weighted by Crippen LogP contribution is 2.38. The normalized spacial score (nSPS) is 17.6. The van der Waals surface area contributed by atoms with Gasteiger partial charge < -0.3 is 5.32 Å². The summed E-state index contributed by atoms with van der Waals surface area (Å²) in [6.07, 6.45) is 8.50. The fraction of sp³-hybridized carbons (Fsp3) is 0.368. The summed E-state index contributed by atoms with van der Waals surface area (Å²) in [6.45, 7) is 0. The molecule has 3 heterocycles. The van der Waals surface area contributed by atoms with E-state index < -0.39 is 0 Å². The van der Waals surface area contributed by atoms with Gasteiger partial charge in [-0.05, 0) is 30.5 Å². The van der Waals surface area contributed by atoms with Crippen LogP contribution in [0.2, 0.25) is 0 Å². The minimum Gasteiger partial charge on any atom is -0.338 e. The van der Waals surface area contributed by atoms with E-state index in [-0.39, 0.29) is 5.12 Å². The molecule has 0 bridgehead atoms. The number of benzene rings is 1. The van der Waals surface area contributed by atoms with Gasteiger partial charge in [-0.25, -0.2) is 15.0 Å². The van der Waals surface area contributed by atoms with Gasteiger partial charge in [-0.15, -0.1) is 0 Å². The number of thioether (sulfide) groups is 1. The van der Waals surface area contributed by atoms with Gasteiger partial charge in [0, 0.05) is 22.9 Å². The third-order valence-electron chi connectivity index (χ3n) is 5.05. The Morgan fingerprint density at radius 1 is 1.12 bits per heavy atom. The molecule has 5 rings (SSSR count). The van der Waals surface area contributed by atoms with Gasteiger partial charge in [0.2, 0.25) is 0 Å². The van der Waals surface area contributed by atoms with Crippen LogP contribution in [0.25, 0.3) is 10.3 Å². The molecule has 7 heteroatoms. The van der Waals surface area contributed by atoms with Crippen molar-refractivity contribution in [2.24, 2.45) is 0 Å². The van der Waals surface area contributed by atoms with Gasteiger partial charge in [-0.2, -0.15) is 0 Å². The number of thiazole rings is 1. The lowest BCUT2D eigenvalue weighted by atomic mass is 9.90. The predicted molar refractivity (Wildman–Crippen MR) is 105 cm³/mol. The van der Waals surface area contributed by atoms with Gasteiger partial charge in [0.05, 0.1) is 5.01 Å². The third kappa shape index (κ3) is 2.99. The molecule has 1 saturated carbocycles. The maximum atomic E-state index is 11.6. The van der Waals surface area contributed by atoms with Crippen molar-refractivity contribution in [3.63, 3.8) is 0 Å². The molecule has 5 nitrogen and oxygen atoms in total. The molecule has 1 aromatic carbocycles. The van der Waals surface area contributed by atoms with Crippen molar-refractivity contribution in [2.45, 2.75) is 49.3 Å². The topological polar surface area (TPSA) is 67.8 Å². The molecule has 1 aliphatic heterocycles. The minimum atomic E-state index is 0.207. The number of aromatic nitrogens is 3. The van der Waals surface area contributed by atoms with Crippen LogP contribution in [0, 0.1) is 0 Å². The summed E-state index contributed by atoms with van der Waals surface area (Å²) in [7, 11) is 0. The second kappa shape index (κ2) is 6.63. The van der Waals surface area contributed by atoms with Gasteiger partial charge in [-0.1, -0.05) is 48.4 Å². The standard InChI is InChI=1S/C19H18N4OS2/c24-15-8-12-6-7-13(9-14(12)25-15)22-17-16-19(21-10-20-17)26-18(23-16)11-4-2-1-3-5-11/h6-7,9-11H,1-5,8H2,(H,20,21,22). The Balaban J connectivity index is 1.46. The maximum Gasteiger partial charge on any atom is 0.198 e. The summed E-state index contributed by atoms with van der Waals surface area (Å²) >= 11 is 3.01. The SMILES string of the molecule is O=C1Cc2ccc(Nc3ncnc4sc(C5CCCCC5)nc34)cc2S1. The molecule has 1 N–H and O–H groups in total. The molecule has 0 saturated heterocycles. The summed E-state index contributed by atoms with van der Waals surface area (Å²) in [6, 6.07) is 6.04. The molecule has 0 radical (unpaired) electrons. The number of nitrogens with zero attached hydrogens (tertiary/aromatic N) is 3. The number of fused-ring (bicyclic) bond motifs is 2. The first kappa shape index (κ1) is 16.2. The molecule has 0 spiro atoms. The van der Waals surface area contributed by atoms with Crippen LogP contribution in [-0.2, 0) is 11.2 Å². The van der Waals surface area contributed by atoms with Gasteiger partial charge in [0.25, 0.3) is 0 Å². The molecule has 0 atom stereocenters. The number of carbonyl (C=O) groups is 1. The van der Waals surface area contributed by atoms with Crippen molar-refractivity contribution in [2.75, 3.05) is 5.32 Å². The summed E-state index contributed by atoms with van der Waals surface area (Å²) in [5.41, 5.74) is 2.88. The van der Waals surface area contributed by atoms with Crippen molar-refractivity contribution in [1.29, 1.82) is 0 Å². The van der Waals surface area contributed by atoms with Crippen LogP contribution in [0.1, 0.15) is 48.6 Å². The van der Waals surface area contributed by atoms with E-state index in [4.69, 9.17) is 4.98 Å². The first-order valence-electron chi connectivity index (χ1n) is 8.98. The molecule has 132 valence electrons. The van der Waals surface area contributed by atoms with Crippen molar-refractivity contribution in [3.8, 4) is 0 Å². The minimum absolute atomic E-state index is 0.207. The highest BCUT2D eigenvalue weighted by molar-refractivity contribution is 8.14. The molecule has 26 heavy (non-hydrogen) atoms. The van der Waals surface area contributed by atoms with Crippen molar-refractivity contribution < 1.29 is 4.79 Å². The molecular formula is C19H18N4OS2. The maximum absolute atomic E-state index is 11.6. The van der Waals surface area contributed by atoms with E-state index in [1.807, 2.05) is 18.2 Å². The van der Waals surface area contributed by atoms with E-state index in [9.17, 15) is 4.79 Å². The molecule has 0 unspecified atom stereocenters. The van der Waals surface area contributed by atoms with Crippen LogP contribution in [0.4, 0.5) is 11.5 Å². The van der Waals surface area contributed by atoms with E-state index >= 15 is 0 Å². The van der Waals surface area contributed by atoms with E-state index in [1.165, 1.54) is 48.9 Å². The van der Waals surface area contributed by atoms with Gasteiger partial charge in [0.15, 0.2) is 10.9 Å². The Bertz CT molecular complexity index is 994. The highest BCUT2D eigenvalue weighted by atomic mass is 32.2. The zero-order chi connectivity index (χ0) is 17.5. The lowest BCUT2D eigenvalue weighted by Gasteiger charge is -2.18. The monoisotopic (exact) mass is 382 g/mol. The van der Waals surface area contributed by atoms with Crippen molar-refractivity contribution in [1.82, 2.24) is 15.0 Å². The molecule has 3 aromatic rings. The van der Waals surface area contributed by atoms with Crippen LogP contribution in [0.3, 0.4) is 0 Å². The summed E-state index contributed by atoms with van der Waals surface area (Å²) in [5, 5.41) is 4.78. The number of hydrogen-bond donors (Lipinski definition) is 1. The van der Waals surface area contributed by atoms with Gasteiger partial charge in [-0.3, -0.25) is 4.79 Å². The number of hydrogen-bond acceptors (Lipinski definition) is 7. The molecule has 1 aliphatic carbocycles. The fourth-order valence-electron chi connectivity index (χ4n) is 3.71. The largest absolute Gasteiger partial charge is 0.338 e. The number of rotatable bonds is 3. The summed E-state index contributed by atoms with van der Waals surface area (Å²) in [5.74, 6) is 1.31. The summed E-state index contributed by atoms with van der Waals surface area (Å²) < 4.78 is 0. The van der Waals surface area contributed by atoms with E-state index in [2.05, 4.69) is 15.3 Å². The van der Waals surface area contributed by atoms with Crippen LogP contribution in [0.5, 0.6) is 0 Å². The number of anilines is 2. The molecule has 1 fully saturated rings. The van der Waals surface area contributed by atoms with E-state index in [0.717, 1.165) is 32.3 Å². The quantitative estimate of drug-likeness (QED) is 0.683. The Kier molecular flexibility index (Phi) is 4.13. The first-order chi connectivity index (χ1) is 12.8. The Morgan fingerprint density at radius 3 is 2.88 bits per heavy atom. The molecular weight excluding hydrogens is 364 g/mol. The van der Waals surface area contributed by atoms with Gasteiger partial charge in [0.1, 0.15) is 16.7 Å². The highest BCUT2D eigenvalue weighted by Gasteiger charge is 2.22. The van der Waals surface area contributed by atoms with Crippen molar-refractivity contribution in [3.05, 3.63) is 35.1 Å². The van der Waals surface area contributed by atoms with E-state index in [1.54, 1.807) is 17.7 Å². The van der Waals surface area contributed by atoms with Crippen LogP contribution in [0.15, 0.2) is 29.4 Å². The number of nitrogens with one attached hydrogen (secondary N) is 1.